The van der Waals surface area contributed by atoms with Gasteiger partial charge >= 0.3 is 0 Å². The van der Waals surface area contributed by atoms with Gasteiger partial charge in [0.25, 0.3) is 0 Å². The zero-order chi connectivity index (χ0) is 13.9. The van der Waals surface area contributed by atoms with Crippen molar-refractivity contribution in [2.75, 3.05) is 0 Å². The minimum absolute atomic E-state index is 0.466. The van der Waals surface area contributed by atoms with Gasteiger partial charge in [-0.2, -0.15) is 0 Å². The monoisotopic (exact) mass is 265 g/mol. The predicted octanol–water partition coefficient (Wildman–Crippen LogP) is 4.08. The SMILES string of the molecule is CC(O)c1ccc(Oc2cnc3ccccc3c2)cc1. The first kappa shape index (κ1) is 12.6. The van der Waals surface area contributed by atoms with Gasteiger partial charge in [0, 0.05) is 5.39 Å². The molecule has 3 heteroatoms. The van der Waals surface area contributed by atoms with Crippen molar-refractivity contribution in [3.05, 3.63) is 66.4 Å². The first-order valence-corrected chi connectivity index (χ1v) is 6.53. The van der Waals surface area contributed by atoms with Crippen LogP contribution in [0.3, 0.4) is 0 Å². The Bertz CT molecular complexity index is 720. The molecular weight excluding hydrogens is 250 g/mol. The maximum absolute atomic E-state index is 9.47. The van der Waals surface area contributed by atoms with E-state index in [-0.39, 0.29) is 0 Å². The summed E-state index contributed by atoms with van der Waals surface area (Å²) in [6.45, 7) is 1.74. The van der Waals surface area contributed by atoms with E-state index in [4.69, 9.17) is 4.74 Å². The lowest BCUT2D eigenvalue weighted by atomic mass is 10.1. The molecule has 3 aromatic rings. The second-order valence-corrected chi connectivity index (χ2v) is 4.71. The molecule has 3 nitrogen and oxygen atoms in total. The molecule has 3 rings (SSSR count). The number of para-hydroxylation sites is 1. The van der Waals surface area contributed by atoms with Crippen LogP contribution >= 0.6 is 0 Å². The third-order valence-electron chi connectivity index (χ3n) is 3.16. The summed E-state index contributed by atoms with van der Waals surface area (Å²) in [4.78, 5) is 4.36. The minimum Gasteiger partial charge on any atom is -0.456 e. The summed E-state index contributed by atoms with van der Waals surface area (Å²) in [5.41, 5.74) is 1.82. The van der Waals surface area contributed by atoms with Gasteiger partial charge in [0.05, 0.1) is 17.8 Å². The van der Waals surface area contributed by atoms with Gasteiger partial charge in [-0.05, 0) is 36.8 Å². The van der Waals surface area contributed by atoms with Crippen LogP contribution in [0.2, 0.25) is 0 Å². The average Bonchev–Trinajstić information content (AvgIpc) is 2.48. The second-order valence-electron chi connectivity index (χ2n) is 4.71. The van der Waals surface area contributed by atoms with Gasteiger partial charge in [-0.25, -0.2) is 0 Å². The van der Waals surface area contributed by atoms with Gasteiger partial charge in [-0.15, -0.1) is 0 Å². The van der Waals surface area contributed by atoms with Crippen molar-refractivity contribution in [3.8, 4) is 11.5 Å². The summed E-state index contributed by atoms with van der Waals surface area (Å²) in [7, 11) is 0. The Balaban J connectivity index is 1.85. The van der Waals surface area contributed by atoms with Gasteiger partial charge in [0.2, 0.25) is 0 Å². The lowest BCUT2D eigenvalue weighted by Crippen LogP contribution is -1.91. The van der Waals surface area contributed by atoms with Gasteiger partial charge < -0.3 is 9.84 Å². The van der Waals surface area contributed by atoms with Crippen LogP contribution < -0.4 is 4.74 Å². The Morgan fingerprint density at radius 1 is 1.00 bits per heavy atom. The minimum atomic E-state index is -0.466. The van der Waals surface area contributed by atoms with Crippen LogP contribution in [-0.4, -0.2) is 10.1 Å². The maximum atomic E-state index is 9.47. The summed E-state index contributed by atoms with van der Waals surface area (Å²) in [6.07, 6.45) is 1.25. The van der Waals surface area contributed by atoms with Gasteiger partial charge in [0.15, 0.2) is 0 Å². The van der Waals surface area contributed by atoms with Crippen molar-refractivity contribution < 1.29 is 9.84 Å². The molecule has 1 heterocycles. The molecule has 0 saturated heterocycles. The first-order valence-electron chi connectivity index (χ1n) is 6.53. The number of aliphatic hydroxyl groups is 1. The van der Waals surface area contributed by atoms with Crippen molar-refractivity contribution in [2.24, 2.45) is 0 Å². The number of hydrogen-bond donors (Lipinski definition) is 1. The molecule has 0 aliphatic carbocycles. The molecule has 0 bridgehead atoms. The van der Waals surface area contributed by atoms with E-state index in [1.54, 1.807) is 13.1 Å². The van der Waals surface area contributed by atoms with E-state index in [2.05, 4.69) is 4.98 Å². The molecule has 1 aromatic heterocycles. The van der Waals surface area contributed by atoms with E-state index >= 15 is 0 Å². The lowest BCUT2D eigenvalue weighted by molar-refractivity contribution is 0.199. The highest BCUT2D eigenvalue weighted by atomic mass is 16.5. The second kappa shape index (κ2) is 5.31. The number of aliphatic hydroxyl groups excluding tert-OH is 1. The van der Waals surface area contributed by atoms with Crippen LogP contribution in [0.25, 0.3) is 10.9 Å². The van der Waals surface area contributed by atoms with E-state index in [9.17, 15) is 5.11 Å². The average molecular weight is 265 g/mol. The zero-order valence-corrected chi connectivity index (χ0v) is 11.2. The predicted molar refractivity (Wildman–Crippen MR) is 78.9 cm³/mol. The number of aromatic nitrogens is 1. The summed E-state index contributed by atoms with van der Waals surface area (Å²) in [6, 6.07) is 17.3. The quantitative estimate of drug-likeness (QED) is 0.775. The number of hydrogen-bond acceptors (Lipinski definition) is 3. The fourth-order valence-corrected chi connectivity index (χ4v) is 2.06. The molecule has 100 valence electrons. The Hall–Kier alpha value is -2.39. The van der Waals surface area contributed by atoms with Crippen LogP contribution in [0.4, 0.5) is 0 Å². The van der Waals surface area contributed by atoms with E-state index in [0.29, 0.717) is 5.75 Å². The van der Waals surface area contributed by atoms with Crippen LogP contribution in [0, 0.1) is 0 Å². The smallest absolute Gasteiger partial charge is 0.146 e. The van der Waals surface area contributed by atoms with E-state index in [0.717, 1.165) is 22.2 Å². The van der Waals surface area contributed by atoms with Gasteiger partial charge in [-0.1, -0.05) is 30.3 Å². The molecular formula is C17H15NO2. The summed E-state index contributed by atoms with van der Waals surface area (Å²) in [5, 5.41) is 10.5. The first-order chi connectivity index (χ1) is 9.72. The number of pyridine rings is 1. The molecule has 20 heavy (non-hydrogen) atoms. The Morgan fingerprint density at radius 2 is 1.75 bits per heavy atom. The Morgan fingerprint density at radius 3 is 2.50 bits per heavy atom. The van der Waals surface area contributed by atoms with E-state index in [1.807, 2.05) is 54.6 Å². The molecule has 1 unspecified atom stereocenters. The molecule has 0 radical (unpaired) electrons. The number of ether oxygens (including phenoxy) is 1. The van der Waals surface area contributed by atoms with Gasteiger partial charge in [0.1, 0.15) is 11.5 Å². The normalized spacial score (nSPS) is 12.3. The van der Waals surface area contributed by atoms with Crippen LogP contribution in [0.5, 0.6) is 11.5 Å². The van der Waals surface area contributed by atoms with E-state index < -0.39 is 6.10 Å². The molecule has 0 saturated carbocycles. The Kier molecular flexibility index (Phi) is 3.35. The number of rotatable bonds is 3. The third-order valence-corrected chi connectivity index (χ3v) is 3.16. The van der Waals surface area contributed by atoms with Crippen molar-refractivity contribution in [3.63, 3.8) is 0 Å². The highest BCUT2D eigenvalue weighted by Gasteiger charge is 2.03. The number of benzene rings is 2. The fourth-order valence-electron chi connectivity index (χ4n) is 2.06. The zero-order valence-electron chi connectivity index (χ0n) is 11.2. The standard InChI is InChI=1S/C17H15NO2/c1-12(19)13-6-8-15(9-7-13)20-16-10-14-4-2-3-5-17(14)18-11-16/h2-12,19H,1H3. The lowest BCUT2D eigenvalue weighted by Gasteiger charge is -2.08. The maximum Gasteiger partial charge on any atom is 0.146 e. The van der Waals surface area contributed by atoms with Crippen LogP contribution in [0.1, 0.15) is 18.6 Å². The van der Waals surface area contributed by atoms with E-state index in [1.165, 1.54) is 0 Å². The van der Waals surface area contributed by atoms with Crippen molar-refractivity contribution in [1.29, 1.82) is 0 Å². The fraction of sp³-hybridized carbons (Fsp3) is 0.118. The molecule has 0 aliphatic rings. The molecule has 2 aromatic carbocycles. The molecule has 0 fully saturated rings. The summed E-state index contributed by atoms with van der Waals surface area (Å²) in [5.74, 6) is 1.43. The molecule has 0 spiro atoms. The van der Waals surface area contributed by atoms with Crippen molar-refractivity contribution in [1.82, 2.24) is 4.98 Å². The third kappa shape index (κ3) is 2.63. The molecule has 0 aliphatic heterocycles. The molecule has 0 amide bonds. The van der Waals surface area contributed by atoms with Crippen molar-refractivity contribution >= 4 is 10.9 Å². The largest absolute Gasteiger partial charge is 0.456 e. The highest BCUT2D eigenvalue weighted by molar-refractivity contribution is 5.79. The van der Waals surface area contributed by atoms with Gasteiger partial charge in [-0.3, -0.25) is 4.98 Å². The van der Waals surface area contributed by atoms with Crippen LogP contribution in [0.15, 0.2) is 60.8 Å². The summed E-state index contributed by atoms with van der Waals surface area (Å²) >= 11 is 0. The molecule has 1 atom stereocenters. The Labute approximate surface area is 117 Å². The topological polar surface area (TPSA) is 42.4 Å². The number of fused-ring (bicyclic) bond motifs is 1. The molecule has 1 N–H and O–H groups in total. The van der Waals surface area contributed by atoms with Crippen LogP contribution in [-0.2, 0) is 0 Å². The summed E-state index contributed by atoms with van der Waals surface area (Å²) < 4.78 is 5.78. The van der Waals surface area contributed by atoms with Crippen molar-refractivity contribution in [2.45, 2.75) is 13.0 Å². The highest BCUT2D eigenvalue weighted by Crippen LogP contribution is 2.25. The number of nitrogens with zero attached hydrogens (tertiary/aromatic N) is 1.